The number of hydrogen-bond acceptors (Lipinski definition) is 6. The molecule has 30 heavy (non-hydrogen) atoms. The Hall–Kier alpha value is -3.63. The number of aliphatic carboxylic acids is 1. The zero-order valence-corrected chi connectivity index (χ0v) is 16.3. The molecule has 1 aromatic carbocycles. The lowest BCUT2D eigenvalue weighted by Gasteiger charge is -2.23. The van der Waals surface area contributed by atoms with E-state index in [4.69, 9.17) is 16.2 Å². The lowest BCUT2D eigenvalue weighted by molar-refractivity contribution is -0.143. The predicted octanol–water partition coefficient (Wildman–Crippen LogP) is -0.0628. The Morgan fingerprint density at radius 1 is 1.27 bits per heavy atom. The van der Waals surface area contributed by atoms with Crippen molar-refractivity contribution in [2.45, 2.75) is 44.4 Å². The number of aliphatic imine (C=N–C) groups is 1. The highest BCUT2D eigenvalue weighted by molar-refractivity contribution is 6.01. The molecule has 0 aliphatic carbocycles. The Balaban J connectivity index is 1.96. The number of ether oxygens (including phenoxy) is 1. The summed E-state index contributed by atoms with van der Waals surface area (Å²) >= 11 is 0. The Labute approximate surface area is 173 Å². The van der Waals surface area contributed by atoms with Gasteiger partial charge < -0.3 is 26.6 Å². The van der Waals surface area contributed by atoms with Crippen molar-refractivity contribution < 1.29 is 29.0 Å². The molecule has 1 saturated heterocycles. The van der Waals surface area contributed by atoms with Gasteiger partial charge in [-0.25, -0.2) is 14.5 Å². The maximum atomic E-state index is 12.6. The van der Waals surface area contributed by atoms with Crippen LogP contribution >= 0.6 is 0 Å². The molecule has 0 spiro atoms. The molecule has 0 aromatic heterocycles. The molecule has 0 saturated carbocycles. The van der Waals surface area contributed by atoms with Crippen molar-refractivity contribution in [2.24, 2.45) is 16.5 Å². The van der Waals surface area contributed by atoms with Crippen LogP contribution in [0.15, 0.2) is 35.3 Å². The lowest BCUT2D eigenvalue weighted by Crippen LogP contribution is -2.51. The molecular weight excluding hydrogens is 394 g/mol. The van der Waals surface area contributed by atoms with Crippen LogP contribution in [0.5, 0.6) is 0 Å². The number of imide groups is 1. The number of likely N-dealkylation sites (tertiary alicyclic amines) is 1. The molecule has 1 aliphatic rings. The van der Waals surface area contributed by atoms with E-state index >= 15 is 0 Å². The first-order valence-electron chi connectivity index (χ1n) is 9.41. The summed E-state index contributed by atoms with van der Waals surface area (Å²) in [7, 11) is 0. The molecule has 11 nitrogen and oxygen atoms in total. The van der Waals surface area contributed by atoms with Crippen molar-refractivity contribution in [3.8, 4) is 0 Å². The van der Waals surface area contributed by atoms with Crippen LogP contribution < -0.4 is 16.8 Å². The fourth-order valence-corrected chi connectivity index (χ4v) is 2.98. The topological polar surface area (TPSA) is 177 Å². The van der Waals surface area contributed by atoms with E-state index in [9.17, 15) is 24.3 Å². The van der Waals surface area contributed by atoms with E-state index < -0.39 is 36.0 Å². The smallest absolute Gasteiger partial charge is 0.417 e. The van der Waals surface area contributed by atoms with Gasteiger partial charge in [0.25, 0.3) is 0 Å². The Bertz CT molecular complexity index is 809. The molecule has 2 atom stereocenters. The number of carboxylic acids is 1. The highest BCUT2D eigenvalue weighted by Gasteiger charge is 2.42. The number of nitrogens with two attached hydrogens (primary N) is 2. The molecular formula is C19H25N5O6. The normalized spacial score (nSPS) is 16.6. The number of rotatable bonds is 9. The van der Waals surface area contributed by atoms with Crippen LogP contribution in [0.1, 0.15) is 31.2 Å². The minimum atomic E-state index is -1.24. The van der Waals surface area contributed by atoms with Crippen molar-refractivity contribution in [1.82, 2.24) is 10.2 Å². The van der Waals surface area contributed by atoms with Gasteiger partial charge in [-0.05, 0) is 24.8 Å². The van der Waals surface area contributed by atoms with Gasteiger partial charge in [0, 0.05) is 13.0 Å². The van der Waals surface area contributed by atoms with Crippen molar-refractivity contribution >= 4 is 29.8 Å². The summed E-state index contributed by atoms with van der Waals surface area (Å²) < 4.78 is 5.15. The van der Waals surface area contributed by atoms with Crippen LogP contribution in [0.2, 0.25) is 0 Å². The van der Waals surface area contributed by atoms with Crippen LogP contribution in [-0.2, 0) is 25.7 Å². The maximum Gasteiger partial charge on any atom is 0.417 e. The monoisotopic (exact) mass is 419 g/mol. The molecule has 0 radical (unpaired) electrons. The number of hydrogen-bond donors (Lipinski definition) is 4. The zero-order valence-electron chi connectivity index (χ0n) is 16.3. The van der Waals surface area contributed by atoms with E-state index in [-0.39, 0.29) is 38.4 Å². The average Bonchev–Trinajstić information content (AvgIpc) is 3.10. The van der Waals surface area contributed by atoms with Crippen LogP contribution in [-0.4, -0.2) is 58.5 Å². The van der Waals surface area contributed by atoms with Crippen molar-refractivity contribution in [3.63, 3.8) is 0 Å². The molecule has 2 rings (SSSR count). The van der Waals surface area contributed by atoms with E-state index in [1.54, 1.807) is 24.3 Å². The van der Waals surface area contributed by atoms with Crippen molar-refractivity contribution in [2.75, 3.05) is 6.54 Å². The van der Waals surface area contributed by atoms with Crippen molar-refractivity contribution in [3.05, 3.63) is 35.9 Å². The van der Waals surface area contributed by atoms with E-state index in [0.717, 1.165) is 10.5 Å². The molecule has 2 unspecified atom stereocenters. The Morgan fingerprint density at radius 2 is 1.97 bits per heavy atom. The highest BCUT2D eigenvalue weighted by atomic mass is 16.6. The van der Waals surface area contributed by atoms with Crippen LogP contribution in [0.25, 0.3) is 0 Å². The van der Waals surface area contributed by atoms with Crippen LogP contribution in [0.4, 0.5) is 4.79 Å². The molecule has 1 fully saturated rings. The second-order valence-electron chi connectivity index (χ2n) is 6.71. The van der Waals surface area contributed by atoms with Gasteiger partial charge in [0.05, 0.1) is 0 Å². The van der Waals surface area contributed by atoms with Gasteiger partial charge in [0.2, 0.25) is 11.8 Å². The minimum absolute atomic E-state index is 0.0131. The summed E-state index contributed by atoms with van der Waals surface area (Å²) in [6.07, 6.45) is -0.466. The largest absolute Gasteiger partial charge is 0.480 e. The van der Waals surface area contributed by atoms with Gasteiger partial charge in [0.15, 0.2) is 5.96 Å². The number of carbonyl (C=O) groups excluding carboxylic acids is 3. The molecule has 0 bridgehead atoms. The van der Waals surface area contributed by atoms with E-state index in [0.29, 0.717) is 6.42 Å². The highest BCUT2D eigenvalue weighted by Crippen LogP contribution is 2.21. The molecule has 3 amide bonds. The summed E-state index contributed by atoms with van der Waals surface area (Å²) in [5.74, 6) is -2.63. The first-order valence-corrected chi connectivity index (χ1v) is 9.41. The number of guanidine groups is 1. The van der Waals surface area contributed by atoms with E-state index in [2.05, 4.69) is 10.3 Å². The standard InChI is InChI=1S/C19H25N5O6/c20-18(21)22-10-4-7-13(17(27)28)23-16(26)14-8-9-15(25)24(14)19(29)30-11-12-5-2-1-3-6-12/h1-3,5-6,13-14H,4,7-11H2,(H,23,26)(H,27,28)(H4,20,21,22). The SMILES string of the molecule is NC(N)=NCCCC(NC(=O)C1CCC(=O)N1C(=O)OCc1ccccc1)C(=O)O. The maximum absolute atomic E-state index is 12.6. The number of benzene rings is 1. The number of amides is 3. The molecule has 1 aliphatic heterocycles. The lowest BCUT2D eigenvalue weighted by atomic mass is 10.1. The van der Waals surface area contributed by atoms with Gasteiger partial charge >= 0.3 is 12.1 Å². The molecule has 11 heteroatoms. The van der Waals surface area contributed by atoms with Gasteiger partial charge in [-0.2, -0.15) is 0 Å². The molecule has 1 aromatic rings. The average molecular weight is 419 g/mol. The zero-order chi connectivity index (χ0) is 22.1. The summed E-state index contributed by atoms with van der Waals surface area (Å²) in [5.41, 5.74) is 11.1. The predicted molar refractivity (Wildman–Crippen MR) is 106 cm³/mol. The van der Waals surface area contributed by atoms with Gasteiger partial charge in [0.1, 0.15) is 18.7 Å². The Kier molecular flexibility index (Phi) is 8.15. The third-order valence-corrected chi connectivity index (χ3v) is 4.48. The summed E-state index contributed by atoms with van der Waals surface area (Å²) in [4.78, 5) is 53.1. The summed E-state index contributed by atoms with van der Waals surface area (Å²) in [6, 6.07) is 6.54. The quantitative estimate of drug-likeness (QED) is 0.244. The fraction of sp³-hybridized carbons (Fsp3) is 0.421. The fourth-order valence-electron chi connectivity index (χ4n) is 2.98. The number of carbonyl (C=O) groups is 4. The van der Waals surface area contributed by atoms with Gasteiger partial charge in [-0.15, -0.1) is 0 Å². The molecule has 162 valence electrons. The van der Waals surface area contributed by atoms with Gasteiger partial charge in [-0.1, -0.05) is 30.3 Å². The van der Waals surface area contributed by atoms with Crippen LogP contribution in [0.3, 0.4) is 0 Å². The third kappa shape index (κ3) is 6.47. The third-order valence-electron chi connectivity index (χ3n) is 4.48. The number of carboxylic acid groups (broad SMARTS) is 1. The van der Waals surface area contributed by atoms with Crippen LogP contribution in [0, 0.1) is 0 Å². The Morgan fingerprint density at radius 3 is 2.60 bits per heavy atom. The summed E-state index contributed by atoms with van der Waals surface area (Å²) in [6.45, 7) is 0.155. The molecule has 1 heterocycles. The molecule has 6 N–H and O–H groups in total. The first kappa shape index (κ1) is 22.7. The first-order chi connectivity index (χ1) is 14.3. The van der Waals surface area contributed by atoms with E-state index in [1.165, 1.54) is 0 Å². The van der Waals surface area contributed by atoms with Crippen molar-refractivity contribution in [1.29, 1.82) is 0 Å². The second kappa shape index (κ2) is 10.8. The van der Waals surface area contributed by atoms with Gasteiger partial charge in [-0.3, -0.25) is 14.6 Å². The minimum Gasteiger partial charge on any atom is -0.480 e. The number of nitrogens with zero attached hydrogens (tertiary/aromatic N) is 2. The number of nitrogens with one attached hydrogen (secondary N) is 1. The summed E-state index contributed by atoms with van der Waals surface area (Å²) in [5, 5.41) is 11.7. The second-order valence-corrected chi connectivity index (χ2v) is 6.71. The van der Waals surface area contributed by atoms with E-state index in [1.807, 2.05) is 6.07 Å².